The van der Waals surface area contributed by atoms with Crippen LogP contribution in [0.25, 0.3) is 6.08 Å². The first kappa shape index (κ1) is 45.4. The highest BCUT2D eigenvalue weighted by molar-refractivity contribution is 5.58. The maximum absolute atomic E-state index is 8.92. The Balaban J connectivity index is 0.000000506. The largest absolute Gasteiger partial charge is 0.491 e. The second-order valence-corrected chi connectivity index (χ2v) is 13.0. The minimum atomic E-state index is -0.204. The van der Waals surface area contributed by atoms with Crippen LogP contribution in [0.3, 0.4) is 0 Å². The van der Waals surface area contributed by atoms with Crippen LogP contribution in [0.2, 0.25) is 0 Å². The van der Waals surface area contributed by atoms with E-state index in [0.717, 1.165) is 24.3 Å². The molecule has 0 saturated heterocycles. The van der Waals surface area contributed by atoms with Gasteiger partial charge in [-0.05, 0) is 68.0 Å². The van der Waals surface area contributed by atoms with E-state index in [2.05, 4.69) is 62.9 Å². The Kier molecular flexibility index (Phi) is 30.4. The number of aliphatic hydroxyl groups excluding tert-OH is 1. The van der Waals surface area contributed by atoms with Crippen molar-refractivity contribution >= 4 is 6.08 Å². The minimum absolute atomic E-state index is 0.00867. The third-order valence-corrected chi connectivity index (χ3v) is 8.45. The molecule has 0 aromatic heterocycles. The van der Waals surface area contributed by atoms with Gasteiger partial charge in [0.1, 0.15) is 30.8 Å². The van der Waals surface area contributed by atoms with Gasteiger partial charge in [0, 0.05) is 12.7 Å². The van der Waals surface area contributed by atoms with Crippen molar-refractivity contribution < 1.29 is 28.8 Å². The average molecular weight is 697 g/mol. The van der Waals surface area contributed by atoms with Crippen LogP contribution in [0, 0.1) is 0 Å². The minimum Gasteiger partial charge on any atom is -0.491 e. The Hall–Kier alpha value is -2.64. The molecule has 50 heavy (non-hydrogen) atoms. The van der Waals surface area contributed by atoms with Gasteiger partial charge >= 0.3 is 0 Å². The number of aryl methyl sites for hydroxylation is 2. The van der Waals surface area contributed by atoms with E-state index in [-0.39, 0.29) is 19.3 Å². The summed E-state index contributed by atoms with van der Waals surface area (Å²) in [7, 11) is 1.70. The van der Waals surface area contributed by atoms with Gasteiger partial charge in [-0.1, -0.05) is 127 Å². The molecule has 0 heterocycles. The maximum atomic E-state index is 8.92. The van der Waals surface area contributed by atoms with Crippen molar-refractivity contribution in [2.45, 2.75) is 130 Å². The molecule has 6 heteroatoms. The Bertz CT molecular complexity index is 1070. The molecule has 1 unspecified atom stereocenters. The number of benzene rings is 2. The number of hydrogen-bond acceptors (Lipinski definition) is 6. The summed E-state index contributed by atoms with van der Waals surface area (Å²) in [4.78, 5) is 0. The van der Waals surface area contributed by atoms with Gasteiger partial charge in [0.15, 0.2) is 0 Å². The second kappa shape index (κ2) is 33.5. The third kappa shape index (κ3) is 24.5. The Morgan fingerprint density at radius 2 is 1.30 bits per heavy atom. The SMILES string of the molecule is C/C=C/c1cc(CCCCCCCCC)ccc1OCCOC.C=CCOCC(COc1ccc(CCCCCCCCC)cc1)OCCO. The van der Waals surface area contributed by atoms with E-state index in [1.165, 1.54) is 107 Å². The Morgan fingerprint density at radius 3 is 1.88 bits per heavy atom. The summed E-state index contributed by atoms with van der Waals surface area (Å²) >= 11 is 0. The summed E-state index contributed by atoms with van der Waals surface area (Å²) < 4.78 is 27.6. The van der Waals surface area contributed by atoms with Crippen LogP contribution in [0.1, 0.15) is 127 Å². The first-order valence-corrected chi connectivity index (χ1v) is 19.6. The average Bonchev–Trinajstić information content (AvgIpc) is 3.13. The molecule has 0 aliphatic heterocycles. The van der Waals surface area contributed by atoms with Gasteiger partial charge < -0.3 is 28.8 Å². The topological polar surface area (TPSA) is 66.4 Å². The van der Waals surface area contributed by atoms with Crippen molar-refractivity contribution in [3.05, 3.63) is 77.9 Å². The molecule has 1 N–H and O–H groups in total. The zero-order chi connectivity index (χ0) is 36.3. The number of aliphatic hydroxyl groups is 1. The van der Waals surface area contributed by atoms with Gasteiger partial charge in [-0.15, -0.1) is 6.58 Å². The molecule has 2 rings (SSSR count). The lowest BCUT2D eigenvalue weighted by Crippen LogP contribution is -2.28. The van der Waals surface area contributed by atoms with E-state index in [0.29, 0.717) is 33.0 Å². The Morgan fingerprint density at radius 1 is 0.700 bits per heavy atom. The number of methoxy groups -OCH3 is 1. The van der Waals surface area contributed by atoms with Crippen molar-refractivity contribution in [1.29, 1.82) is 0 Å². The number of ether oxygens (including phenoxy) is 5. The molecule has 0 aliphatic carbocycles. The van der Waals surface area contributed by atoms with Crippen molar-refractivity contribution in [2.24, 2.45) is 0 Å². The summed E-state index contributed by atoms with van der Waals surface area (Å²) in [5.41, 5.74) is 3.94. The van der Waals surface area contributed by atoms with Crippen molar-refractivity contribution in [2.75, 3.05) is 53.4 Å². The second-order valence-electron chi connectivity index (χ2n) is 13.0. The molecule has 0 radical (unpaired) electrons. The molecular weight excluding hydrogens is 624 g/mol. The quantitative estimate of drug-likeness (QED) is 0.0625. The Labute approximate surface area is 306 Å². The molecule has 0 aliphatic rings. The third-order valence-electron chi connectivity index (χ3n) is 8.45. The van der Waals surface area contributed by atoms with Crippen LogP contribution >= 0.6 is 0 Å². The zero-order valence-electron chi connectivity index (χ0n) is 32.3. The van der Waals surface area contributed by atoms with Crippen molar-refractivity contribution in [1.82, 2.24) is 0 Å². The molecule has 284 valence electrons. The lowest BCUT2D eigenvalue weighted by atomic mass is 10.0. The predicted molar refractivity (Wildman–Crippen MR) is 212 cm³/mol. The molecule has 0 saturated carbocycles. The number of rotatable bonds is 31. The first-order chi connectivity index (χ1) is 24.6. The van der Waals surface area contributed by atoms with E-state index in [1.54, 1.807) is 13.2 Å². The van der Waals surface area contributed by atoms with Gasteiger partial charge in [-0.25, -0.2) is 0 Å². The van der Waals surface area contributed by atoms with E-state index < -0.39 is 0 Å². The maximum Gasteiger partial charge on any atom is 0.126 e. The summed E-state index contributed by atoms with van der Waals surface area (Å²) in [6, 6.07) is 14.9. The smallest absolute Gasteiger partial charge is 0.126 e. The molecule has 0 bridgehead atoms. The molecule has 2 aromatic rings. The fourth-order valence-corrected chi connectivity index (χ4v) is 5.59. The fraction of sp³-hybridized carbons (Fsp3) is 0.636. The van der Waals surface area contributed by atoms with Crippen LogP contribution in [0.5, 0.6) is 11.5 Å². The van der Waals surface area contributed by atoms with Crippen LogP contribution in [0.4, 0.5) is 0 Å². The first-order valence-electron chi connectivity index (χ1n) is 19.6. The van der Waals surface area contributed by atoms with E-state index in [9.17, 15) is 0 Å². The standard InChI is InChI=1S/C23H38O4.C21H34O2/c1-3-5-6-7-8-9-10-11-21-12-14-22(15-13-21)27-20-23(26-18-16-24)19-25-17-4-2;1-4-6-7-8-9-10-11-13-19-14-15-21(23-17-16-22-3)20(18-19)12-5-2/h4,12-15,23-24H,2-3,5-11,16-20H2,1H3;5,12,14-15,18H,4,6-11,13,16-17H2,1-3H3/b;12-5+. The molecule has 0 fully saturated rings. The van der Waals surface area contributed by atoms with Gasteiger partial charge in [0.25, 0.3) is 0 Å². The number of allylic oxidation sites excluding steroid dienone is 1. The van der Waals surface area contributed by atoms with Crippen LogP contribution in [-0.2, 0) is 27.1 Å². The van der Waals surface area contributed by atoms with Gasteiger partial charge in [-0.3, -0.25) is 0 Å². The van der Waals surface area contributed by atoms with Gasteiger partial charge in [0.05, 0.1) is 33.0 Å². The summed E-state index contributed by atoms with van der Waals surface area (Å²) in [5, 5.41) is 8.92. The lowest BCUT2D eigenvalue weighted by Gasteiger charge is -2.18. The highest BCUT2D eigenvalue weighted by atomic mass is 16.6. The molecular formula is C44H72O6. The lowest BCUT2D eigenvalue weighted by molar-refractivity contribution is -0.0418. The monoisotopic (exact) mass is 697 g/mol. The predicted octanol–water partition coefficient (Wildman–Crippen LogP) is 11.0. The van der Waals surface area contributed by atoms with E-state index >= 15 is 0 Å². The molecule has 1 atom stereocenters. The molecule has 6 nitrogen and oxygen atoms in total. The van der Waals surface area contributed by atoms with Crippen molar-refractivity contribution in [3.8, 4) is 11.5 Å². The fourth-order valence-electron chi connectivity index (χ4n) is 5.59. The summed E-state index contributed by atoms with van der Waals surface area (Å²) in [6.45, 7) is 13.0. The van der Waals surface area contributed by atoms with E-state index in [1.807, 2.05) is 19.1 Å². The highest BCUT2D eigenvalue weighted by Crippen LogP contribution is 2.23. The zero-order valence-corrected chi connectivity index (χ0v) is 32.3. The molecule has 0 amide bonds. The van der Waals surface area contributed by atoms with Gasteiger partial charge in [0.2, 0.25) is 0 Å². The number of hydrogen-bond donors (Lipinski definition) is 1. The summed E-state index contributed by atoms with van der Waals surface area (Å²) in [6.07, 6.45) is 26.8. The van der Waals surface area contributed by atoms with Crippen molar-refractivity contribution in [3.63, 3.8) is 0 Å². The number of unbranched alkanes of at least 4 members (excludes halogenated alkanes) is 12. The summed E-state index contributed by atoms with van der Waals surface area (Å²) in [5.74, 6) is 1.78. The molecule has 2 aromatic carbocycles. The van der Waals surface area contributed by atoms with E-state index in [4.69, 9.17) is 28.8 Å². The van der Waals surface area contributed by atoms with Crippen LogP contribution in [0.15, 0.2) is 61.2 Å². The van der Waals surface area contributed by atoms with Crippen LogP contribution in [-0.4, -0.2) is 64.6 Å². The van der Waals surface area contributed by atoms with Gasteiger partial charge in [-0.2, -0.15) is 0 Å². The normalized spacial score (nSPS) is 11.7. The molecule has 0 spiro atoms. The van der Waals surface area contributed by atoms with Crippen LogP contribution < -0.4 is 9.47 Å². The highest BCUT2D eigenvalue weighted by Gasteiger charge is 2.11.